The third-order valence-electron chi connectivity index (χ3n) is 3.15. The quantitative estimate of drug-likeness (QED) is 0.715. The minimum absolute atomic E-state index is 0.189. The Bertz CT molecular complexity index is 992. The summed E-state index contributed by atoms with van der Waals surface area (Å²) in [6.07, 6.45) is 1.56. The lowest BCUT2D eigenvalue weighted by Gasteiger charge is -2.11. The van der Waals surface area contributed by atoms with Gasteiger partial charge in [-0.25, -0.2) is 8.42 Å². The highest BCUT2D eigenvalue weighted by Gasteiger charge is 2.19. The second-order valence-corrected chi connectivity index (χ2v) is 6.81. The number of hydrogen-bond donors (Lipinski definition) is 2. The summed E-state index contributed by atoms with van der Waals surface area (Å²) in [6.45, 7) is -3.05. The van der Waals surface area contributed by atoms with Crippen LogP contribution in [-0.4, -0.2) is 25.2 Å². The summed E-state index contributed by atoms with van der Waals surface area (Å²) in [7, 11) is -3.98. The van der Waals surface area contributed by atoms with Crippen molar-refractivity contribution in [1.82, 2.24) is 10.2 Å². The number of para-hydroxylation sites is 1. The predicted molar refractivity (Wildman–Crippen MR) is 85.0 cm³/mol. The average Bonchev–Trinajstić information content (AvgIpc) is 2.98. The van der Waals surface area contributed by atoms with Crippen LogP contribution in [0, 0.1) is 0 Å². The fourth-order valence-corrected chi connectivity index (χ4v) is 3.49. The first-order valence-corrected chi connectivity index (χ1v) is 8.42. The van der Waals surface area contributed by atoms with E-state index in [1.165, 1.54) is 0 Å². The van der Waals surface area contributed by atoms with E-state index in [0.29, 0.717) is 11.2 Å². The lowest BCUT2D eigenvalue weighted by Crippen LogP contribution is -2.13. The van der Waals surface area contributed by atoms with E-state index < -0.39 is 16.6 Å². The molecule has 0 aliphatic carbocycles. The second kappa shape index (κ2) is 6.25. The number of nitrogens with zero attached hydrogens (tertiary/aromatic N) is 1. The van der Waals surface area contributed by atoms with Crippen LogP contribution >= 0.6 is 11.6 Å². The topological polar surface area (TPSA) is 84.1 Å². The maximum Gasteiger partial charge on any atom is 0.387 e. The maximum absolute atomic E-state index is 12.5. The van der Waals surface area contributed by atoms with Crippen LogP contribution in [0.5, 0.6) is 5.75 Å². The van der Waals surface area contributed by atoms with Gasteiger partial charge in [-0.1, -0.05) is 23.7 Å². The molecule has 0 saturated carbocycles. The lowest BCUT2D eigenvalue weighted by molar-refractivity contribution is -0.0498. The molecule has 0 fully saturated rings. The van der Waals surface area contributed by atoms with Gasteiger partial charge in [0, 0.05) is 5.39 Å². The Kier molecular flexibility index (Phi) is 4.29. The molecule has 3 rings (SSSR count). The van der Waals surface area contributed by atoms with Gasteiger partial charge in [0.25, 0.3) is 10.0 Å². The van der Waals surface area contributed by atoms with Crippen molar-refractivity contribution in [3.63, 3.8) is 0 Å². The molecule has 0 amide bonds. The zero-order chi connectivity index (χ0) is 17.3. The summed E-state index contributed by atoms with van der Waals surface area (Å²) < 4.78 is 55.9. The minimum Gasteiger partial charge on any atom is -0.433 e. The summed E-state index contributed by atoms with van der Waals surface area (Å²) in [6, 6.07) is 8.23. The van der Waals surface area contributed by atoms with Crippen LogP contribution in [0.3, 0.4) is 0 Å². The molecule has 10 heteroatoms. The van der Waals surface area contributed by atoms with Crippen LogP contribution in [0.4, 0.5) is 14.5 Å². The number of halogens is 3. The van der Waals surface area contributed by atoms with Gasteiger partial charge in [-0.05, 0) is 24.3 Å². The van der Waals surface area contributed by atoms with Gasteiger partial charge >= 0.3 is 6.61 Å². The molecule has 2 aromatic carbocycles. The Morgan fingerprint density at radius 3 is 2.75 bits per heavy atom. The van der Waals surface area contributed by atoms with Gasteiger partial charge in [0.05, 0.1) is 27.3 Å². The molecular formula is C14H10ClF2N3O3S. The van der Waals surface area contributed by atoms with Gasteiger partial charge in [-0.2, -0.15) is 13.9 Å². The standard InChI is InChI=1S/C14H10ClF2N3O3S/c15-10-6-9(4-5-12(10)23-14(16)17)24(21,22)20-11-3-1-2-8-7-18-19-13(8)11/h1-7,14,20H,(H,18,19). The number of sulfonamides is 1. The Balaban J connectivity index is 1.93. The molecule has 3 aromatic rings. The first-order valence-electron chi connectivity index (χ1n) is 6.56. The van der Waals surface area contributed by atoms with Gasteiger partial charge in [0.15, 0.2) is 0 Å². The van der Waals surface area contributed by atoms with Gasteiger partial charge in [0.2, 0.25) is 0 Å². The van der Waals surface area contributed by atoms with Crippen LogP contribution in [0.15, 0.2) is 47.5 Å². The average molecular weight is 374 g/mol. The number of hydrogen-bond acceptors (Lipinski definition) is 4. The number of anilines is 1. The lowest BCUT2D eigenvalue weighted by atomic mass is 10.2. The Hall–Kier alpha value is -2.39. The van der Waals surface area contributed by atoms with E-state index in [2.05, 4.69) is 19.7 Å². The third-order valence-corrected chi connectivity index (χ3v) is 4.81. The highest BCUT2D eigenvalue weighted by atomic mass is 35.5. The molecule has 0 atom stereocenters. The number of nitrogens with one attached hydrogen (secondary N) is 2. The monoisotopic (exact) mass is 373 g/mol. The zero-order valence-corrected chi connectivity index (χ0v) is 13.4. The van der Waals surface area contributed by atoms with Crippen LogP contribution in [0.25, 0.3) is 10.9 Å². The number of alkyl halides is 2. The summed E-state index contributed by atoms with van der Waals surface area (Å²) in [5, 5.41) is 7.04. The highest BCUT2D eigenvalue weighted by molar-refractivity contribution is 7.92. The van der Waals surface area contributed by atoms with E-state index in [-0.39, 0.29) is 15.7 Å². The normalized spacial score (nSPS) is 11.8. The summed E-state index contributed by atoms with van der Waals surface area (Å²) >= 11 is 5.79. The molecule has 0 spiro atoms. The molecule has 2 N–H and O–H groups in total. The van der Waals surface area contributed by atoms with Gasteiger partial charge in [-0.15, -0.1) is 0 Å². The van der Waals surface area contributed by atoms with Crippen molar-refractivity contribution in [3.05, 3.63) is 47.6 Å². The molecule has 0 aliphatic heterocycles. The van der Waals surface area contributed by atoms with Crippen LogP contribution < -0.4 is 9.46 Å². The van der Waals surface area contributed by atoms with E-state index in [9.17, 15) is 17.2 Å². The van der Waals surface area contributed by atoms with Gasteiger partial charge in [-0.3, -0.25) is 9.82 Å². The van der Waals surface area contributed by atoms with Crippen molar-refractivity contribution in [2.24, 2.45) is 0 Å². The maximum atomic E-state index is 12.5. The number of aromatic nitrogens is 2. The van der Waals surface area contributed by atoms with Crippen LogP contribution in [0.1, 0.15) is 0 Å². The Morgan fingerprint density at radius 1 is 1.25 bits per heavy atom. The fraction of sp³-hybridized carbons (Fsp3) is 0.0714. The highest BCUT2D eigenvalue weighted by Crippen LogP contribution is 2.30. The van der Waals surface area contributed by atoms with Crippen molar-refractivity contribution >= 4 is 38.2 Å². The van der Waals surface area contributed by atoms with Gasteiger partial charge in [0.1, 0.15) is 5.75 Å². The molecule has 1 heterocycles. The third kappa shape index (κ3) is 3.26. The molecule has 6 nitrogen and oxygen atoms in total. The van der Waals surface area contributed by atoms with Crippen molar-refractivity contribution in [1.29, 1.82) is 0 Å². The fourth-order valence-electron chi connectivity index (χ4n) is 2.10. The summed E-state index contributed by atoms with van der Waals surface area (Å²) in [5.41, 5.74) is 0.818. The molecule has 0 unspecified atom stereocenters. The number of benzene rings is 2. The zero-order valence-electron chi connectivity index (χ0n) is 11.8. The van der Waals surface area contributed by atoms with Crippen molar-refractivity contribution < 1.29 is 21.9 Å². The molecule has 1 aromatic heterocycles. The van der Waals surface area contributed by atoms with E-state index >= 15 is 0 Å². The van der Waals surface area contributed by atoms with Crippen LogP contribution in [0.2, 0.25) is 5.02 Å². The number of rotatable bonds is 5. The SMILES string of the molecule is O=S(=O)(Nc1cccc2cn[nH]c12)c1ccc(OC(F)F)c(Cl)c1. The second-order valence-electron chi connectivity index (χ2n) is 4.72. The van der Waals surface area contributed by atoms with Crippen molar-refractivity contribution in [3.8, 4) is 5.75 Å². The predicted octanol–water partition coefficient (Wildman–Crippen LogP) is 3.62. The van der Waals surface area contributed by atoms with E-state index in [0.717, 1.165) is 23.6 Å². The smallest absolute Gasteiger partial charge is 0.387 e. The van der Waals surface area contributed by atoms with E-state index in [1.54, 1.807) is 24.4 Å². The molecule has 24 heavy (non-hydrogen) atoms. The number of fused-ring (bicyclic) bond motifs is 1. The molecular weight excluding hydrogens is 364 g/mol. The largest absolute Gasteiger partial charge is 0.433 e. The molecule has 0 radical (unpaired) electrons. The molecule has 0 bridgehead atoms. The molecule has 0 aliphatic rings. The number of aromatic amines is 1. The summed E-state index contributed by atoms with van der Waals surface area (Å²) in [5.74, 6) is -0.304. The minimum atomic E-state index is -3.98. The number of H-pyrrole nitrogens is 1. The van der Waals surface area contributed by atoms with E-state index in [4.69, 9.17) is 11.6 Å². The van der Waals surface area contributed by atoms with Crippen molar-refractivity contribution in [2.45, 2.75) is 11.5 Å². The van der Waals surface area contributed by atoms with Crippen molar-refractivity contribution in [2.75, 3.05) is 4.72 Å². The Labute approximate surface area is 140 Å². The molecule has 126 valence electrons. The first kappa shape index (κ1) is 16.5. The Morgan fingerprint density at radius 2 is 2.04 bits per heavy atom. The summed E-state index contributed by atoms with van der Waals surface area (Å²) in [4.78, 5) is -0.189. The van der Waals surface area contributed by atoms with E-state index in [1.807, 2.05) is 0 Å². The molecule has 0 saturated heterocycles. The van der Waals surface area contributed by atoms with Crippen LogP contribution in [-0.2, 0) is 10.0 Å². The first-order chi connectivity index (χ1) is 11.4. The van der Waals surface area contributed by atoms with Gasteiger partial charge < -0.3 is 4.74 Å². The number of ether oxygens (including phenoxy) is 1.